The summed E-state index contributed by atoms with van der Waals surface area (Å²) < 4.78 is 11.7. The topological polar surface area (TPSA) is 43.4 Å². The highest BCUT2D eigenvalue weighted by Crippen LogP contribution is 2.31. The third-order valence-corrected chi connectivity index (χ3v) is 3.97. The molecule has 4 rings (SSSR count). The Morgan fingerprint density at radius 1 is 1.09 bits per heavy atom. The first-order chi connectivity index (χ1) is 11.3. The van der Waals surface area contributed by atoms with E-state index < -0.39 is 0 Å². The second-order valence-electron chi connectivity index (χ2n) is 5.39. The van der Waals surface area contributed by atoms with Crippen molar-refractivity contribution in [2.24, 2.45) is 0 Å². The SMILES string of the molecule is Clc1cc2ccccc2c(NCC2COc3ccccc3O2)n1. The summed E-state index contributed by atoms with van der Waals surface area (Å²) in [5, 5.41) is 5.89. The number of anilines is 1. The summed E-state index contributed by atoms with van der Waals surface area (Å²) in [7, 11) is 0. The number of pyridine rings is 1. The zero-order valence-electron chi connectivity index (χ0n) is 12.3. The van der Waals surface area contributed by atoms with Gasteiger partial charge in [-0.25, -0.2) is 4.98 Å². The van der Waals surface area contributed by atoms with Crippen molar-refractivity contribution in [1.82, 2.24) is 4.98 Å². The van der Waals surface area contributed by atoms with Crippen LogP contribution in [0.1, 0.15) is 0 Å². The average molecular weight is 327 g/mol. The number of hydrogen-bond acceptors (Lipinski definition) is 4. The van der Waals surface area contributed by atoms with Gasteiger partial charge in [-0.1, -0.05) is 48.0 Å². The van der Waals surface area contributed by atoms with Gasteiger partial charge in [0.05, 0.1) is 6.54 Å². The van der Waals surface area contributed by atoms with Crippen molar-refractivity contribution in [2.75, 3.05) is 18.5 Å². The van der Waals surface area contributed by atoms with Gasteiger partial charge >= 0.3 is 0 Å². The molecule has 0 fully saturated rings. The number of nitrogens with one attached hydrogen (secondary N) is 1. The van der Waals surface area contributed by atoms with Crippen LogP contribution in [-0.4, -0.2) is 24.2 Å². The maximum Gasteiger partial charge on any atom is 0.161 e. The molecule has 2 aromatic carbocycles. The van der Waals surface area contributed by atoms with Crippen molar-refractivity contribution in [2.45, 2.75) is 6.10 Å². The number of aromatic nitrogens is 1. The summed E-state index contributed by atoms with van der Waals surface area (Å²) >= 11 is 6.11. The molecule has 0 spiro atoms. The molecule has 1 unspecified atom stereocenters. The smallest absolute Gasteiger partial charge is 0.161 e. The number of benzene rings is 2. The fourth-order valence-electron chi connectivity index (χ4n) is 2.68. The van der Waals surface area contributed by atoms with Gasteiger partial charge in [-0.05, 0) is 23.6 Å². The van der Waals surface area contributed by atoms with Crippen molar-refractivity contribution in [3.63, 3.8) is 0 Å². The number of rotatable bonds is 3. The van der Waals surface area contributed by atoms with Gasteiger partial charge in [-0.3, -0.25) is 0 Å². The van der Waals surface area contributed by atoms with E-state index in [0.29, 0.717) is 18.3 Å². The van der Waals surface area contributed by atoms with Crippen molar-refractivity contribution in [3.8, 4) is 11.5 Å². The molecule has 23 heavy (non-hydrogen) atoms. The highest BCUT2D eigenvalue weighted by molar-refractivity contribution is 6.30. The van der Waals surface area contributed by atoms with E-state index in [1.54, 1.807) is 0 Å². The van der Waals surface area contributed by atoms with E-state index in [2.05, 4.69) is 10.3 Å². The predicted molar refractivity (Wildman–Crippen MR) is 91.6 cm³/mol. The summed E-state index contributed by atoms with van der Waals surface area (Å²) in [5.41, 5.74) is 0. The van der Waals surface area contributed by atoms with Gasteiger partial charge in [0.1, 0.15) is 23.7 Å². The number of ether oxygens (including phenoxy) is 2. The quantitative estimate of drug-likeness (QED) is 0.735. The zero-order valence-corrected chi connectivity index (χ0v) is 13.1. The van der Waals surface area contributed by atoms with Crippen molar-refractivity contribution >= 4 is 28.2 Å². The van der Waals surface area contributed by atoms with Gasteiger partial charge in [-0.15, -0.1) is 0 Å². The highest BCUT2D eigenvalue weighted by Gasteiger charge is 2.20. The maximum absolute atomic E-state index is 6.11. The summed E-state index contributed by atoms with van der Waals surface area (Å²) in [5.74, 6) is 2.32. The first-order valence-electron chi connectivity index (χ1n) is 7.47. The molecule has 0 saturated carbocycles. The number of nitrogens with zero attached hydrogens (tertiary/aromatic N) is 1. The van der Waals surface area contributed by atoms with Crippen LogP contribution in [-0.2, 0) is 0 Å². The first-order valence-corrected chi connectivity index (χ1v) is 7.85. The second-order valence-corrected chi connectivity index (χ2v) is 5.78. The Hall–Kier alpha value is -2.46. The van der Waals surface area contributed by atoms with E-state index in [-0.39, 0.29) is 6.10 Å². The van der Waals surface area contributed by atoms with Crippen LogP contribution >= 0.6 is 11.6 Å². The summed E-state index contributed by atoms with van der Waals surface area (Å²) in [4.78, 5) is 4.39. The molecule has 1 N–H and O–H groups in total. The van der Waals surface area contributed by atoms with Gasteiger partial charge in [-0.2, -0.15) is 0 Å². The van der Waals surface area contributed by atoms with Crippen LogP contribution in [0.2, 0.25) is 5.15 Å². The molecule has 116 valence electrons. The van der Waals surface area contributed by atoms with Gasteiger partial charge in [0.15, 0.2) is 11.5 Å². The van der Waals surface area contributed by atoms with E-state index in [4.69, 9.17) is 21.1 Å². The molecule has 1 aliphatic rings. The van der Waals surface area contributed by atoms with Crippen LogP contribution in [0, 0.1) is 0 Å². The van der Waals surface area contributed by atoms with E-state index in [1.165, 1.54) is 0 Å². The molecule has 2 heterocycles. The molecule has 0 saturated heterocycles. The largest absolute Gasteiger partial charge is 0.486 e. The number of hydrogen-bond donors (Lipinski definition) is 1. The number of fused-ring (bicyclic) bond motifs is 2. The minimum atomic E-state index is -0.0792. The molecule has 3 aromatic rings. The van der Waals surface area contributed by atoms with Crippen LogP contribution < -0.4 is 14.8 Å². The molecule has 1 atom stereocenters. The van der Waals surface area contributed by atoms with Crippen LogP contribution in [0.3, 0.4) is 0 Å². The molecule has 1 aromatic heterocycles. The molecule has 5 heteroatoms. The minimum absolute atomic E-state index is 0.0792. The van der Waals surface area contributed by atoms with Crippen molar-refractivity contribution < 1.29 is 9.47 Å². The Morgan fingerprint density at radius 2 is 1.87 bits per heavy atom. The number of halogens is 1. The minimum Gasteiger partial charge on any atom is -0.486 e. The molecule has 1 aliphatic heterocycles. The normalized spacial score (nSPS) is 16.3. The molecule has 4 nitrogen and oxygen atoms in total. The van der Waals surface area contributed by atoms with Gasteiger partial charge in [0, 0.05) is 5.39 Å². The standard InChI is InChI=1S/C18H15ClN2O2/c19-17-9-12-5-1-2-6-14(12)18(21-17)20-10-13-11-22-15-7-3-4-8-16(15)23-13/h1-9,13H,10-11H2,(H,20,21). The monoisotopic (exact) mass is 326 g/mol. The van der Waals surface area contributed by atoms with Gasteiger partial charge < -0.3 is 14.8 Å². The Morgan fingerprint density at radius 3 is 2.78 bits per heavy atom. The molecule has 0 amide bonds. The second kappa shape index (κ2) is 5.97. The van der Waals surface area contributed by atoms with Gasteiger partial charge in [0.2, 0.25) is 0 Å². The van der Waals surface area contributed by atoms with E-state index >= 15 is 0 Å². The van der Waals surface area contributed by atoms with Crippen molar-refractivity contribution in [1.29, 1.82) is 0 Å². The van der Waals surface area contributed by atoms with Crippen LogP contribution in [0.25, 0.3) is 10.8 Å². The first kappa shape index (κ1) is 14.2. The van der Waals surface area contributed by atoms with E-state index in [9.17, 15) is 0 Å². The lowest BCUT2D eigenvalue weighted by molar-refractivity contribution is 0.0997. The van der Waals surface area contributed by atoms with Crippen molar-refractivity contribution in [3.05, 3.63) is 59.8 Å². The third-order valence-electron chi connectivity index (χ3n) is 3.77. The third kappa shape index (κ3) is 2.90. The Bertz CT molecular complexity index is 853. The molecule has 0 bridgehead atoms. The zero-order chi connectivity index (χ0) is 15.6. The lowest BCUT2D eigenvalue weighted by Crippen LogP contribution is -2.35. The van der Waals surface area contributed by atoms with Crippen LogP contribution in [0.15, 0.2) is 54.6 Å². The predicted octanol–water partition coefficient (Wildman–Crippen LogP) is 4.14. The van der Waals surface area contributed by atoms with E-state index in [1.807, 2.05) is 54.6 Å². The lowest BCUT2D eigenvalue weighted by atomic mass is 10.1. The van der Waals surface area contributed by atoms with Crippen LogP contribution in [0.4, 0.5) is 5.82 Å². The maximum atomic E-state index is 6.11. The van der Waals surface area contributed by atoms with Crippen LogP contribution in [0.5, 0.6) is 11.5 Å². The van der Waals surface area contributed by atoms with Gasteiger partial charge in [0.25, 0.3) is 0 Å². The summed E-state index contributed by atoms with van der Waals surface area (Å²) in [6.45, 7) is 1.09. The Balaban J connectivity index is 1.52. The Kier molecular flexibility index (Phi) is 3.67. The summed E-state index contributed by atoms with van der Waals surface area (Å²) in [6.07, 6.45) is -0.0792. The molecule has 0 radical (unpaired) electrons. The molecular weight excluding hydrogens is 312 g/mol. The highest BCUT2D eigenvalue weighted by atomic mass is 35.5. The molecule has 0 aliphatic carbocycles. The Labute approximate surface area is 139 Å². The summed E-state index contributed by atoms with van der Waals surface area (Å²) in [6, 6.07) is 17.6. The lowest BCUT2D eigenvalue weighted by Gasteiger charge is -2.26. The average Bonchev–Trinajstić information content (AvgIpc) is 2.59. The van der Waals surface area contributed by atoms with E-state index in [0.717, 1.165) is 28.1 Å². The fraction of sp³-hybridized carbons (Fsp3) is 0.167. The molecular formula is C18H15ClN2O2. The fourth-order valence-corrected chi connectivity index (χ4v) is 2.88. The number of para-hydroxylation sites is 2.